The molecule has 0 saturated heterocycles. The maximum Gasteiger partial charge on any atom is 0.238 e. The van der Waals surface area contributed by atoms with Crippen LogP contribution in [0.1, 0.15) is 19.4 Å². The number of carbonyl (C=O) groups excluding carboxylic acids is 1. The molecule has 4 heteroatoms. The number of hydrogen-bond donors (Lipinski definition) is 2. The summed E-state index contributed by atoms with van der Waals surface area (Å²) in [5.41, 5.74) is 1.79. The van der Waals surface area contributed by atoms with Crippen molar-refractivity contribution in [1.29, 1.82) is 0 Å². The normalized spacial score (nSPS) is 10.6. The first-order valence-electron chi connectivity index (χ1n) is 5.73. The number of methoxy groups -OCH3 is 1. The molecule has 1 rings (SSSR count). The van der Waals surface area contributed by atoms with Gasteiger partial charge in [0.2, 0.25) is 5.91 Å². The van der Waals surface area contributed by atoms with Crippen molar-refractivity contribution in [3.8, 4) is 0 Å². The average Bonchev–Trinajstić information content (AvgIpc) is 2.29. The molecule has 94 valence electrons. The molecule has 4 nitrogen and oxygen atoms in total. The van der Waals surface area contributed by atoms with E-state index in [1.807, 2.05) is 38.1 Å². The van der Waals surface area contributed by atoms with E-state index in [1.54, 1.807) is 7.11 Å². The Labute approximate surface area is 102 Å². The van der Waals surface area contributed by atoms with Crippen LogP contribution in [0, 0.1) is 0 Å². The van der Waals surface area contributed by atoms with E-state index in [0.717, 1.165) is 11.3 Å². The Balaban J connectivity index is 2.58. The summed E-state index contributed by atoms with van der Waals surface area (Å²) in [6, 6.07) is 7.94. The van der Waals surface area contributed by atoms with Crippen LogP contribution in [0.25, 0.3) is 0 Å². The third-order valence-corrected chi connectivity index (χ3v) is 2.26. The highest BCUT2D eigenvalue weighted by Crippen LogP contribution is 2.15. The Bertz CT molecular complexity index is 364. The minimum absolute atomic E-state index is 0.0396. The lowest BCUT2D eigenvalue weighted by Gasteiger charge is -2.12. The molecule has 0 bridgehead atoms. The lowest BCUT2D eigenvalue weighted by Crippen LogP contribution is -2.32. The van der Waals surface area contributed by atoms with E-state index in [2.05, 4.69) is 10.6 Å². The first-order valence-corrected chi connectivity index (χ1v) is 5.73. The highest BCUT2D eigenvalue weighted by molar-refractivity contribution is 5.92. The van der Waals surface area contributed by atoms with Gasteiger partial charge in [0.15, 0.2) is 0 Å². The fourth-order valence-electron chi connectivity index (χ4n) is 1.41. The predicted octanol–water partition coefficient (Wildman–Crippen LogP) is 1.77. The molecule has 1 aromatic carbocycles. The zero-order valence-electron chi connectivity index (χ0n) is 10.6. The number of anilines is 1. The molecule has 1 aromatic rings. The number of ether oxygens (including phenoxy) is 1. The molecule has 0 aromatic heterocycles. The summed E-state index contributed by atoms with van der Waals surface area (Å²) in [6.45, 7) is 4.82. The van der Waals surface area contributed by atoms with Gasteiger partial charge in [-0.25, -0.2) is 0 Å². The molecule has 1 amide bonds. The first-order chi connectivity index (χ1) is 8.13. The van der Waals surface area contributed by atoms with Gasteiger partial charge >= 0.3 is 0 Å². The van der Waals surface area contributed by atoms with Crippen LogP contribution in [0.4, 0.5) is 5.69 Å². The molecule has 0 aliphatic rings. The number of carbonyl (C=O) groups is 1. The maximum atomic E-state index is 11.7. The van der Waals surface area contributed by atoms with Gasteiger partial charge in [-0.2, -0.15) is 0 Å². The average molecular weight is 236 g/mol. The van der Waals surface area contributed by atoms with Crippen molar-refractivity contribution < 1.29 is 9.53 Å². The lowest BCUT2D eigenvalue weighted by atomic mass is 10.2. The van der Waals surface area contributed by atoms with Crippen LogP contribution < -0.4 is 10.6 Å². The Kier molecular flexibility index (Phi) is 5.66. The molecule has 0 radical (unpaired) electrons. The topological polar surface area (TPSA) is 50.4 Å². The molecular formula is C13H20N2O2. The molecule has 0 fully saturated rings. The van der Waals surface area contributed by atoms with Crippen molar-refractivity contribution >= 4 is 11.6 Å². The minimum atomic E-state index is -0.0396. The van der Waals surface area contributed by atoms with Crippen LogP contribution in [-0.2, 0) is 16.1 Å². The van der Waals surface area contributed by atoms with Crippen molar-refractivity contribution in [1.82, 2.24) is 5.32 Å². The van der Waals surface area contributed by atoms with Crippen LogP contribution in [0.15, 0.2) is 24.3 Å². The summed E-state index contributed by atoms with van der Waals surface area (Å²) in [4.78, 5) is 11.7. The van der Waals surface area contributed by atoms with Crippen LogP contribution >= 0.6 is 0 Å². The molecule has 0 heterocycles. The Morgan fingerprint density at radius 3 is 2.71 bits per heavy atom. The maximum absolute atomic E-state index is 11.7. The summed E-state index contributed by atoms with van der Waals surface area (Å²) in [6.07, 6.45) is 0. The standard InChI is InChI=1S/C13H20N2O2/c1-10(2)14-8-13(16)15-12-7-5-4-6-11(12)9-17-3/h4-7,10,14H,8-9H2,1-3H3,(H,15,16). The van der Waals surface area contributed by atoms with E-state index in [4.69, 9.17) is 4.74 Å². The fraction of sp³-hybridized carbons (Fsp3) is 0.462. The van der Waals surface area contributed by atoms with Crippen molar-refractivity contribution in [3.63, 3.8) is 0 Å². The number of rotatable bonds is 6. The highest BCUT2D eigenvalue weighted by atomic mass is 16.5. The van der Waals surface area contributed by atoms with Crippen LogP contribution in [-0.4, -0.2) is 25.6 Å². The number of amides is 1. The molecule has 0 spiro atoms. The SMILES string of the molecule is COCc1ccccc1NC(=O)CNC(C)C. The summed E-state index contributed by atoms with van der Waals surface area (Å²) in [5.74, 6) is -0.0396. The molecular weight excluding hydrogens is 216 g/mol. The van der Waals surface area contributed by atoms with Gasteiger partial charge in [0.1, 0.15) is 0 Å². The summed E-state index contributed by atoms with van der Waals surface area (Å²) in [7, 11) is 1.64. The molecule has 0 aliphatic heterocycles. The fourth-order valence-corrected chi connectivity index (χ4v) is 1.41. The highest BCUT2D eigenvalue weighted by Gasteiger charge is 2.06. The Morgan fingerprint density at radius 2 is 2.06 bits per heavy atom. The molecule has 17 heavy (non-hydrogen) atoms. The summed E-state index contributed by atoms with van der Waals surface area (Å²) < 4.78 is 5.08. The molecule has 0 saturated carbocycles. The predicted molar refractivity (Wildman–Crippen MR) is 68.9 cm³/mol. The van der Waals surface area contributed by atoms with Gasteiger partial charge in [-0.05, 0) is 6.07 Å². The van der Waals surface area contributed by atoms with E-state index < -0.39 is 0 Å². The van der Waals surface area contributed by atoms with Gasteiger partial charge < -0.3 is 15.4 Å². The number of hydrogen-bond acceptors (Lipinski definition) is 3. The van der Waals surface area contributed by atoms with Crippen molar-refractivity contribution in [2.75, 3.05) is 19.0 Å². The Hall–Kier alpha value is -1.39. The van der Waals surface area contributed by atoms with Crippen molar-refractivity contribution in [3.05, 3.63) is 29.8 Å². The quantitative estimate of drug-likeness (QED) is 0.791. The third-order valence-electron chi connectivity index (χ3n) is 2.26. The second-order valence-corrected chi connectivity index (χ2v) is 4.17. The van der Waals surface area contributed by atoms with Crippen LogP contribution in [0.5, 0.6) is 0 Å². The van der Waals surface area contributed by atoms with E-state index in [1.165, 1.54) is 0 Å². The van der Waals surface area contributed by atoms with Gasteiger partial charge in [-0.15, -0.1) is 0 Å². The molecule has 0 aliphatic carbocycles. The van der Waals surface area contributed by atoms with E-state index in [-0.39, 0.29) is 5.91 Å². The second-order valence-electron chi connectivity index (χ2n) is 4.17. The Morgan fingerprint density at radius 1 is 1.35 bits per heavy atom. The summed E-state index contributed by atoms with van der Waals surface area (Å²) >= 11 is 0. The van der Waals surface area contributed by atoms with Gasteiger partial charge in [0, 0.05) is 24.4 Å². The van der Waals surface area contributed by atoms with E-state index in [9.17, 15) is 4.79 Å². The van der Waals surface area contributed by atoms with E-state index >= 15 is 0 Å². The van der Waals surface area contributed by atoms with Gasteiger partial charge in [-0.1, -0.05) is 32.0 Å². The van der Waals surface area contributed by atoms with Crippen molar-refractivity contribution in [2.24, 2.45) is 0 Å². The zero-order chi connectivity index (χ0) is 12.7. The molecule has 0 atom stereocenters. The van der Waals surface area contributed by atoms with Gasteiger partial charge in [-0.3, -0.25) is 4.79 Å². The summed E-state index contributed by atoms with van der Waals surface area (Å²) in [5, 5.41) is 5.94. The third kappa shape index (κ3) is 4.97. The number of para-hydroxylation sites is 1. The first kappa shape index (κ1) is 13.7. The lowest BCUT2D eigenvalue weighted by molar-refractivity contribution is -0.115. The smallest absolute Gasteiger partial charge is 0.238 e. The molecule has 2 N–H and O–H groups in total. The molecule has 0 unspecified atom stereocenters. The second kappa shape index (κ2) is 7.04. The van der Waals surface area contributed by atoms with E-state index in [0.29, 0.717) is 19.2 Å². The van der Waals surface area contributed by atoms with Crippen LogP contribution in [0.3, 0.4) is 0 Å². The van der Waals surface area contributed by atoms with Gasteiger partial charge in [0.05, 0.1) is 13.2 Å². The number of benzene rings is 1. The minimum Gasteiger partial charge on any atom is -0.380 e. The monoisotopic (exact) mass is 236 g/mol. The number of nitrogens with one attached hydrogen (secondary N) is 2. The van der Waals surface area contributed by atoms with Crippen LogP contribution in [0.2, 0.25) is 0 Å². The zero-order valence-corrected chi connectivity index (χ0v) is 10.6. The largest absolute Gasteiger partial charge is 0.380 e. The van der Waals surface area contributed by atoms with Gasteiger partial charge in [0.25, 0.3) is 0 Å². The van der Waals surface area contributed by atoms with Crippen molar-refractivity contribution in [2.45, 2.75) is 26.5 Å².